The van der Waals surface area contributed by atoms with E-state index in [9.17, 15) is 27.2 Å². The molecule has 136 valence electrons. The van der Waals surface area contributed by atoms with E-state index >= 15 is 0 Å². The Balaban J connectivity index is 2.84. The first-order valence-corrected chi connectivity index (χ1v) is 6.82. The van der Waals surface area contributed by atoms with Gasteiger partial charge in [-0.2, -0.15) is 18.4 Å². The molecule has 0 radical (unpaired) electrons. The maximum Gasteiger partial charge on any atom is 0.431 e. The third-order valence-corrected chi connectivity index (χ3v) is 3.39. The zero-order chi connectivity index (χ0) is 19.6. The first kappa shape index (κ1) is 18.9. The highest BCUT2D eigenvalue weighted by Gasteiger charge is 2.35. The van der Waals surface area contributed by atoms with Crippen molar-refractivity contribution in [2.75, 3.05) is 7.11 Å². The molecule has 0 aliphatic rings. The Kier molecular flexibility index (Phi) is 4.97. The van der Waals surface area contributed by atoms with Crippen LogP contribution in [0.5, 0.6) is 0 Å². The summed E-state index contributed by atoms with van der Waals surface area (Å²) in [7, 11) is 2.01. The van der Waals surface area contributed by atoms with E-state index in [2.05, 4.69) is 9.99 Å². The van der Waals surface area contributed by atoms with Crippen LogP contribution in [0.15, 0.2) is 32.9 Å². The lowest BCUT2D eigenvalue weighted by molar-refractivity contribution is -0.144. The quantitative estimate of drug-likeness (QED) is 0.466. The molecule has 0 spiro atoms. The van der Waals surface area contributed by atoms with Gasteiger partial charge in [-0.1, -0.05) is 5.16 Å². The normalized spacial score (nSPS) is 11.6. The van der Waals surface area contributed by atoms with Crippen molar-refractivity contribution in [3.8, 4) is 11.8 Å². The van der Waals surface area contributed by atoms with Crippen molar-refractivity contribution in [1.29, 1.82) is 5.26 Å². The minimum atomic E-state index is -4.94. The van der Waals surface area contributed by atoms with Crippen LogP contribution in [0.1, 0.15) is 16.8 Å². The van der Waals surface area contributed by atoms with Crippen molar-refractivity contribution < 1.29 is 22.4 Å². The predicted molar refractivity (Wildman–Crippen MR) is 81.6 cm³/mol. The molecule has 0 saturated heterocycles. The lowest BCUT2D eigenvalue weighted by atomic mass is 10.1. The predicted octanol–water partition coefficient (Wildman–Crippen LogP) is 1.55. The van der Waals surface area contributed by atoms with E-state index in [0.29, 0.717) is 0 Å². The summed E-state index contributed by atoms with van der Waals surface area (Å²) in [4.78, 5) is 28.7. The Bertz CT molecular complexity index is 1050. The number of nitriles is 1. The molecule has 1 aromatic heterocycles. The van der Waals surface area contributed by atoms with Gasteiger partial charge in [-0.05, 0) is 12.1 Å². The SMILES string of the molecule is CON=Cc1cc(-n2c(=O)cc(C(F)(F)F)n(C)c2=O)c(F)cc1C#N. The van der Waals surface area contributed by atoms with Crippen LogP contribution in [-0.4, -0.2) is 22.5 Å². The number of hydrogen-bond donors (Lipinski definition) is 0. The number of rotatable bonds is 3. The third-order valence-electron chi connectivity index (χ3n) is 3.39. The molecule has 26 heavy (non-hydrogen) atoms. The largest absolute Gasteiger partial charge is 0.431 e. The van der Waals surface area contributed by atoms with Gasteiger partial charge < -0.3 is 4.84 Å². The van der Waals surface area contributed by atoms with E-state index in [1.54, 1.807) is 6.07 Å². The van der Waals surface area contributed by atoms with Crippen LogP contribution in [0.2, 0.25) is 0 Å². The van der Waals surface area contributed by atoms with E-state index in [4.69, 9.17) is 5.26 Å². The second-order valence-corrected chi connectivity index (χ2v) is 4.96. The molecule has 0 N–H and O–H groups in total. The zero-order valence-electron chi connectivity index (χ0n) is 13.3. The summed E-state index contributed by atoms with van der Waals surface area (Å²) in [5.74, 6) is -1.14. The highest BCUT2D eigenvalue weighted by atomic mass is 19.4. The molecule has 0 amide bonds. The van der Waals surface area contributed by atoms with Crippen LogP contribution in [0, 0.1) is 17.1 Å². The molecule has 1 aromatic carbocycles. The minimum Gasteiger partial charge on any atom is -0.399 e. The van der Waals surface area contributed by atoms with Gasteiger partial charge in [0.25, 0.3) is 5.56 Å². The maximum atomic E-state index is 14.3. The Morgan fingerprint density at radius 1 is 1.27 bits per heavy atom. The number of oxime groups is 1. The fourth-order valence-corrected chi connectivity index (χ4v) is 2.18. The van der Waals surface area contributed by atoms with Crippen molar-refractivity contribution in [3.05, 3.63) is 61.7 Å². The summed E-state index contributed by atoms with van der Waals surface area (Å²) < 4.78 is 53.3. The molecule has 0 fully saturated rings. The Hall–Kier alpha value is -3.42. The molecule has 2 aromatic rings. The van der Waals surface area contributed by atoms with Gasteiger partial charge in [-0.15, -0.1) is 0 Å². The highest BCUT2D eigenvalue weighted by molar-refractivity contribution is 5.84. The van der Waals surface area contributed by atoms with Gasteiger partial charge in [0.2, 0.25) is 0 Å². The van der Waals surface area contributed by atoms with E-state index in [0.717, 1.165) is 25.4 Å². The van der Waals surface area contributed by atoms with Crippen molar-refractivity contribution in [2.24, 2.45) is 12.2 Å². The number of aromatic nitrogens is 2. The molecule has 0 aliphatic heterocycles. The highest BCUT2D eigenvalue weighted by Crippen LogP contribution is 2.27. The Morgan fingerprint density at radius 2 is 1.92 bits per heavy atom. The van der Waals surface area contributed by atoms with E-state index in [1.165, 1.54) is 7.11 Å². The van der Waals surface area contributed by atoms with Crippen LogP contribution in [0.3, 0.4) is 0 Å². The van der Waals surface area contributed by atoms with E-state index in [1.807, 2.05) is 0 Å². The van der Waals surface area contributed by atoms with Gasteiger partial charge in [-0.25, -0.2) is 13.8 Å². The average Bonchev–Trinajstić information content (AvgIpc) is 2.56. The molecular weight excluding hydrogens is 360 g/mol. The van der Waals surface area contributed by atoms with Gasteiger partial charge in [0.05, 0.1) is 23.5 Å². The van der Waals surface area contributed by atoms with Gasteiger partial charge in [-0.3, -0.25) is 9.36 Å². The topological polar surface area (TPSA) is 89.4 Å². The fraction of sp³-hybridized carbons (Fsp3) is 0.200. The molecule has 0 saturated carbocycles. The van der Waals surface area contributed by atoms with Crippen molar-refractivity contribution in [1.82, 2.24) is 9.13 Å². The number of benzene rings is 1. The van der Waals surface area contributed by atoms with E-state index in [-0.39, 0.29) is 26.3 Å². The zero-order valence-corrected chi connectivity index (χ0v) is 13.3. The standard InChI is InChI=1S/C15H10F4N4O3/c1-22-12(15(17,18)19)5-13(24)23(14(22)25)11-4-9(7-21-26-2)8(6-20)3-10(11)16/h3-5,7H,1-2H3. The van der Waals surface area contributed by atoms with Crippen LogP contribution in [0.25, 0.3) is 5.69 Å². The number of hydrogen-bond acceptors (Lipinski definition) is 5. The first-order chi connectivity index (χ1) is 12.1. The molecule has 7 nitrogen and oxygen atoms in total. The average molecular weight is 370 g/mol. The second-order valence-electron chi connectivity index (χ2n) is 4.96. The molecule has 0 bridgehead atoms. The van der Waals surface area contributed by atoms with Gasteiger partial charge in [0.1, 0.15) is 18.6 Å². The van der Waals surface area contributed by atoms with Crippen LogP contribution in [-0.2, 0) is 18.1 Å². The summed E-state index contributed by atoms with van der Waals surface area (Å²) in [5.41, 5.74) is -5.05. The maximum absolute atomic E-state index is 14.3. The number of alkyl halides is 3. The van der Waals surface area contributed by atoms with Crippen molar-refractivity contribution in [3.63, 3.8) is 0 Å². The smallest absolute Gasteiger partial charge is 0.399 e. The Morgan fingerprint density at radius 3 is 2.46 bits per heavy atom. The summed E-state index contributed by atoms with van der Waals surface area (Å²) >= 11 is 0. The summed E-state index contributed by atoms with van der Waals surface area (Å²) in [5, 5.41) is 12.4. The fourth-order valence-electron chi connectivity index (χ4n) is 2.18. The molecule has 0 aliphatic carbocycles. The summed E-state index contributed by atoms with van der Waals surface area (Å²) in [6.45, 7) is 0. The van der Waals surface area contributed by atoms with Crippen LogP contribution in [0.4, 0.5) is 17.6 Å². The minimum absolute atomic E-state index is 0.000369. The summed E-state index contributed by atoms with van der Waals surface area (Å²) in [6, 6.07) is 3.54. The van der Waals surface area contributed by atoms with Crippen LogP contribution < -0.4 is 11.2 Å². The van der Waals surface area contributed by atoms with E-state index < -0.39 is 34.6 Å². The molecule has 0 atom stereocenters. The molecule has 2 rings (SSSR count). The number of halogens is 4. The molecule has 11 heteroatoms. The van der Waals surface area contributed by atoms with Gasteiger partial charge in [0, 0.05) is 18.7 Å². The van der Waals surface area contributed by atoms with Crippen molar-refractivity contribution >= 4 is 6.21 Å². The number of nitrogens with zero attached hydrogens (tertiary/aromatic N) is 4. The molecular formula is C15H10F4N4O3. The monoisotopic (exact) mass is 370 g/mol. The van der Waals surface area contributed by atoms with Crippen molar-refractivity contribution in [2.45, 2.75) is 6.18 Å². The summed E-state index contributed by atoms with van der Waals surface area (Å²) in [6.07, 6.45) is -3.91. The second kappa shape index (κ2) is 6.83. The Labute approximate surface area is 143 Å². The van der Waals surface area contributed by atoms with Gasteiger partial charge in [0.15, 0.2) is 0 Å². The first-order valence-electron chi connectivity index (χ1n) is 6.82. The lowest BCUT2D eigenvalue weighted by Crippen LogP contribution is -2.41. The third kappa shape index (κ3) is 3.34. The van der Waals surface area contributed by atoms with Crippen LogP contribution >= 0.6 is 0 Å². The van der Waals surface area contributed by atoms with Gasteiger partial charge >= 0.3 is 11.9 Å². The molecule has 1 heterocycles. The molecule has 0 unspecified atom stereocenters. The lowest BCUT2D eigenvalue weighted by Gasteiger charge is -2.14.